The molecule has 0 aliphatic carbocycles. The highest BCUT2D eigenvalue weighted by atomic mass is 16.5. The smallest absolute Gasteiger partial charge is 0.254 e. The van der Waals surface area contributed by atoms with E-state index in [1.165, 1.54) is 17.0 Å². The summed E-state index contributed by atoms with van der Waals surface area (Å²) >= 11 is 0. The van der Waals surface area contributed by atoms with E-state index >= 15 is 0 Å². The van der Waals surface area contributed by atoms with Gasteiger partial charge in [-0.05, 0) is 44.0 Å². The van der Waals surface area contributed by atoms with Gasteiger partial charge in [0.15, 0.2) is 0 Å². The third-order valence-corrected chi connectivity index (χ3v) is 4.21. The molecule has 1 atom stereocenters. The normalized spacial score (nSPS) is 16.4. The summed E-state index contributed by atoms with van der Waals surface area (Å²) in [6.45, 7) is 3.69. The lowest BCUT2D eigenvalue weighted by atomic mass is 10.1. The minimum absolute atomic E-state index is 0.0535. The highest BCUT2D eigenvalue weighted by molar-refractivity contribution is 5.75. The van der Waals surface area contributed by atoms with Gasteiger partial charge in [0, 0.05) is 24.8 Å². The Morgan fingerprint density at radius 1 is 1.38 bits per heavy atom. The molecule has 138 valence electrons. The van der Waals surface area contributed by atoms with Crippen molar-refractivity contribution >= 4 is 5.91 Å². The SMILES string of the molecule is CCOc1ccc(-c2cc(=O)n(CC(=O)NC[C@H]3CCCO3)cn2)cc1. The van der Waals surface area contributed by atoms with Crippen LogP contribution in [0.4, 0.5) is 0 Å². The van der Waals surface area contributed by atoms with E-state index in [0.717, 1.165) is 30.8 Å². The first-order valence-electron chi connectivity index (χ1n) is 8.83. The van der Waals surface area contributed by atoms with Crippen molar-refractivity contribution < 1.29 is 14.3 Å². The van der Waals surface area contributed by atoms with Crippen molar-refractivity contribution in [2.75, 3.05) is 19.8 Å². The van der Waals surface area contributed by atoms with Crippen LogP contribution in [0.15, 0.2) is 41.5 Å². The van der Waals surface area contributed by atoms with Crippen molar-refractivity contribution in [2.24, 2.45) is 0 Å². The topological polar surface area (TPSA) is 82.5 Å². The molecule has 1 aliphatic heterocycles. The lowest BCUT2D eigenvalue weighted by Crippen LogP contribution is -2.36. The number of ether oxygens (including phenoxy) is 2. The Morgan fingerprint density at radius 3 is 2.85 bits per heavy atom. The molecule has 3 rings (SSSR count). The van der Waals surface area contributed by atoms with Crippen LogP contribution in [0.25, 0.3) is 11.3 Å². The van der Waals surface area contributed by atoms with E-state index < -0.39 is 0 Å². The Labute approximate surface area is 152 Å². The number of hydrogen-bond acceptors (Lipinski definition) is 5. The second-order valence-corrected chi connectivity index (χ2v) is 6.14. The predicted octanol–water partition coefficient (Wildman–Crippen LogP) is 1.60. The Kier molecular flexibility index (Phi) is 6.01. The number of carbonyl (C=O) groups is 1. The number of benzene rings is 1. The largest absolute Gasteiger partial charge is 0.494 e. The molecule has 1 fully saturated rings. The molecule has 1 aromatic heterocycles. The molecule has 1 saturated heterocycles. The second kappa shape index (κ2) is 8.62. The number of carbonyl (C=O) groups excluding carboxylic acids is 1. The van der Waals surface area contributed by atoms with Gasteiger partial charge in [0.05, 0.1) is 24.7 Å². The summed E-state index contributed by atoms with van der Waals surface area (Å²) in [4.78, 5) is 28.6. The number of aromatic nitrogens is 2. The number of nitrogens with one attached hydrogen (secondary N) is 1. The van der Waals surface area contributed by atoms with Crippen LogP contribution in [0, 0.1) is 0 Å². The zero-order valence-electron chi connectivity index (χ0n) is 14.8. The molecule has 26 heavy (non-hydrogen) atoms. The Bertz CT molecular complexity index is 795. The summed E-state index contributed by atoms with van der Waals surface area (Å²) in [6, 6.07) is 8.81. The van der Waals surface area contributed by atoms with Crippen LogP contribution >= 0.6 is 0 Å². The van der Waals surface area contributed by atoms with Gasteiger partial charge >= 0.3 is 0 Å². The maximum atomic E-state index is 12.3. The number of rotatable bonds is 7. The van der Waals surface area contributed by atoms with E-state index in [1.54, 1.807) is 0 Å². The summed E-state index contributed by atoms with van der Waals surface area (Å²) in [6.07, 6.45) is 3.46. The minimum atomic E-state index is -0.267. The molecule has 1 N–H and O–H groups in total. The Balaban J connectivity index is 1.61. The fourth-order valence-corrected chi connectivity index (χ4v) is 2.83. The maximum Gasteiger partial charge on any atom is 0.254 e. The molecular weight excluding hydrogens is 334 g/mol. The monoisotopic (exact) mass is 357 g/mol. The maximum absolute atomic E-state index is 12.3. The van der Waals surface area contributed by atoms with Crippen LogP contribution in [0.2, 0.25) is 0 Å². The number of amides is 1. The lowest BCUT2D eigenvalue weighted by Gasteiger charge is -2.11. The highest BCUT2D eigenvalue weighted by Crippen LogP contribution is 2.19. The average molecular weight is 357 g/mol. The van der Waals surface area contributed by atoms with Crippen molar-refractivity contribution in [3.8, 4) is 17.0 Å². The molecule has 7 heteroatoms. The first-order valence-corrected chi connectivity index (χ1v) is 8.83. The van der Waals surface area contributed by atoms with Crippen molar-refractivity contribution in [3.63, 3.8) is 0 Å². The van der Waals surface area contributed by atoms with Crippen LogP contribution in [-0.4, -0.2) is 41.3 Å². The molecule has 2 heterocycles. The second-order valence-electron chi connectivity index (χ2n) is 6.14. The summed E-state index contributed by atoms with van der Waals surface area (Å²) in [5.41, 5.74) is 1.12. The fraction of sp³-hybridized carbons (Fsp3) is 0.421. The highest BCUT2D eigenvalue weighted by Gasteiger charge is 2.16. The van der Waals surface area contributed by atoms with Crippen molar-refractivity contribution in [3.05, 3.63) is 47.0 Å². The summed E-state index contributed by atoms with van der Waals surface area (Å²) in [7, 11) is 0. The molecule has 2 aromatic rings. The standard InChI is InChI=1S/C19H23N3O4/c1-2-25-15-7-5-14(6-8-15)17-10-19(24)22(13-21-17)12-18(23)20-11-16-4-3-9-26-16/h5-8,10,13,16H,2-4,9,11-12H2,1H3,(H,20,23)/t16-/m1/s1. The van der Waals surface area contributed by atoms with Crippen LogP contribution in [0.3, 0.4) is 0 Å². The van der Waals surface area contributed by atoms with E-state index in [4.69, 9.17) is 9.47 Å². The summed E-state index contributed by atoms with van der Waals surface area (Å²) in [5, 5.41) is 2.80. The van der Waals surface area contributed by atoms with E-state index in [0.29, 0.717) is 18.8 Å². The van der Waals surface area contributed by atoms with Crippen molar-refractivity contribution in [1.29, 1.82) is 0 Å². The first kappa shape index (κ1) is 18.1. The van der Waals surface area contributed by atoms with Crippen LogP contribution in [-0.2, 0) is 16.1 Å². The van der Waals surface area contributed by atoms with E-state index in [1.807, 2.05) is 31.2 Å². The quantitative estimate of drug-likeness (QED) is 0.814. The van der Waals surface area contributed by atoms with Crippen LogP contribution < -0.4 is 15.6 Å². The predicted molar refractivity (Wildman–Crippen MR) is 97.1 cm³/mol. The summed E-state index contributed by atoms with van der Waals surface area (Å²) < 4.78 is 12.2. The number of nitrogens with zero attached hydrogens (tertiary/aromatic N) is 2. The third-order valence-electron chi connectivity index (χ3n) is 4.21. The van der Waals surface area contributed by atoms with Gasteiger partial charge < -0.3 is 14.8 Å². The lowest BCUT2D eigenvalue weighted by molar-refractivity contribution is -0.122. The molecule has 0 bridgehead atoms. The van der Waals surface area contributed by atoms with E-state index in [2.05, 4.69) is 10.3 Å². The van der Waals surface area contributed by atoms with E-state index in [9.17, 15) is 9.59 Å². The first-order chi connectivity index (χ1) is 12.7. The molecule has 0 unspecified atom stereocenters. The fourth-order valence-electron chi connectivity index (χ4n) is 2.83. The Morgan fingerprint density at radius 2 is 2.19 bits per heavy atom. The third kappa shape index (κ3) is 4.70. The van der Waals surface area contributed by atoms with E-state index in [-0.39, 0.29) is 24.1 Å². The minimum Gasteiger partial charge on any atom is -0.494 e. The molecule has 7 nitrogen and oxygen atoms in total. The van der Waals surface area contributed by atoms with Gasteiger partial charge in [-0.25, -0.2) is 4.98 Å². The van der Waals surface area contributed by atoms with Gasteiger partial charge in [0.2, 0.25) is 5.91 Å². The molecule has 1 amide bonds. The average Bonchev–Trinajstić information content (AvgIpc) is 3.16. The molecule has 0 saturated carbocycles. The van der Waals surface area contributed by atoms with Gasteiger partial charge in [-0.3, -0.25) is 14.2 Å². The molecule has 0 radical (unpaired) electrons. The molecule has 1 aromatic carbocycles. The van der Waals surface area contributed by atoms with Crippen LogP contribution in [0.1, 0.15) is 19.8 Å². The van der Waals surface area contributed by atoms with Gasteiger partial charge in [0.25, 0.3) is 5.56 Å². The molecular formula is C19H23N3O4. The zero-order valence-corrected chi connectivity index (χ0v) is 14.8. The van der Waals surface area contributed by atoms with Crippen molar-refractivity contribution in [2.45, 2.75) is 32.4 Å². The molecule has 0 spiro atoms. The molecule has 1 aliphatic rings. The van der Waals surface area contributed by atoms with Gasteiger partial charge in [0.1, 0.15) is 12.3 Å². The zero-order chi connectivity index (χ0) is 18.4. The Hall–Kier alpha value is -2.67. The van der Waals surface area contributed by atoms with Gasteiger partial charge in [-0.1, -0.05) is 0 Å². The van der Waals surface area contributed by atoms with Gasteiger partial charge in [-0.15, -0.1) is 0 Å². The van der Waals surface area contributed by atoms with Gasteiger partial charge in [-0.2, -0.15) is 0 Å². The summed E-state index contributed by atoms with van der Waals surface area (Å²) in [5.74, 6) is 0.547. The van der Waals surface area contributed by atoms with Crippen molar-refractivity contribution in [1.82, 2.24) is 14.9 Å². The number of hydrogen-bond donors (Lipinski definition) is 1. The van der Waals surface area contributed by atoms with Crippen LogP contribution in [0.5, 0.6) is 5.75 Å².